The van der Waals surface area contributed by atoms with Crippen LogP contribution in [0.2, 0.25) is 0 Å². The molecular weight excluding hydrogens is 287 g/mol. The third-order valence-electron chi connectivity index (χ3n) is 0.716. The van der Waals surface area contributed by atoms with Gasteiger partial charge in [-0.05, 0) is 0 Å². The van der Waals surface area contributed by atoms with Gasteiger partial charge in [0.1, 0.15) is 0 Å². The van der Waals surface area contributed by atoms with E-state index in [1.165, 1.54) is 0 Å². The van der Waals surface area contributed by atoms with Crippen molar-refractivity contribution in [3.63, 3.8) is 0 Å². The third-order valence-corrected chi connectivity index (χ3v) is 4.80. The second-order valence-electron chi connectivity index (χ2n) is 1.36. The predicted octanol–water partition coefficient (Wildman–Crippen LogP) is 2.66. The molecule has 12 nitrogen and oxygen atoms in total. The summed E-state index contributed by atoms with van der Waals surface area (Å²) in [6.07, 6.45) is 0. The first-order valence-corrected chi connectivity index (χ1v) is 7.60. The van der Waals surface area contributed by atoms with Gasteiger partial charge in [0.15, 0.2) is 0 Å². The molecule has 0 spiro atoms. The molecule has 0 aromatic heterocycles. The van der Waals surface area contributed by atoms with E-state index < -0.39 is 19.5 Å². The van der Waals surface area contributed by atoms with Crippen LogP contribution in [0.15, 0.2) is 13.3 Å². The zero-order valence-electron chi connectivity index (χ0n) is 5.87. The summed E-state index contributed by atoms with van der Waals surface area (Å²) in [5.74, 6) is 0. The summed E-state index contributed by atoms with van der Waals surface area (Å²) in [5.41, 5.74) is 32.2. The van der Waals surface area contributed by atoms with Gasteiger partial charge >= 0.3 is 74.6 Å². The molecule has 0 aromatic carbocycles. The Balaban J connectivity index is 5.52. The van der Waals surface area contributed by atoms with Crippen molar-refractivity contribution >= 4 is 19.5 Å². The van der Waals surface area contributed by atoms with Gasteiger partial charge < -0.3 is 0 Å². The molecule has 0 fully saturated rings. The average Bonchev–Trinajstić information content (AvgIpc) is 2.06. The van der Waals surface area contributed by atoms with Crippen LogP contribution in [0.5, 0.6) is 0 Å². The number of azide groups is 1. The van der Waals surface area contributed by atoms with E-state index in [9.17, 15) is 0 Å². The van der Waals surface area contributed by atoms with Crippen LogP contribution in [0.25, 0.3) is 41.8 Å². The molecular formula is N12Sn. The maximum atomic E-state index is 8.04. The molecule has 0 aromatic rings. The van der Waals surface area contributed by atoms with Crippen LogP contribution < -0.4 is 0 Å². The van der Waals surface area contributed by atoms with E-state index in [1.54, 1.807) is 0 Å². The van der Waals surface area contributed by atoms with Crippen molar-refractivity contribution in [2.24, 2.45) is 13.3 Å². The monoisotopic (exact) mass is 288 g/mol. The molecule has 0 aliphatic rings. The summed E-state index contributed by atoms with van der Waals surface area (Å²) in [5, 5.41) is 0. The summed E-state index contributed by atoms with van der Waals surface area (Å²) in [7, 11) is 0. The fraction of sp³-hybridized carbons (Fsp3) is 0. The topological polar surface area (TPSA) is 195 Å². The van der Waals surface area contributed by atoms with Crippen LogP contribution in [0.1, 0.15) is 0 Å². The van der Waals surface area contributed by atoms with Crippen molar-refractivity contribution in [1.29, 1.82) is 0 Å². The summed E-state index contributed by atoms with van der Waals surface area (Å²) >= 11 is -4.73. The molecule has 0 atom stereocenters. The molecule has 0 heterocycles. The van der Waals surface area contributed by atoms with Gasteiger partial charge in [0.25, 0.3) is 0 Å². The zero-order chi connectivity index (χ0) is 10.2. The maximum absolute atomic E-state index is 8.04. The van der Waals surface area contributed by atoms with Crippen molar-refractivity contribution in [2.45, 2.75) is 0 Å². The van der Waals surface area contributed by atoms with Gasteiger partial charge in [0, 0.05) is 0 Å². The van der Waals surface area contributed by atoms with E-state index >= 15 is 0 Å². The van der Waals surface area contributed by atoms with Gasteiger partial charge in [0.05, 0.1) is 0 Å². The van der Waals surface area contributed by atoms with Crippen molar-refractivity contribution in [1.82, 2.24) is 0 Å². The molecule has 0 aliphatic carbocycles. The Morgan fingerprint density at radius 3 is 1.00 bits per heavy atom. The molecule has 0 bridgehead atoms. The Kier molecular flexibility index (Phi) is 4.81. The first kappa shape index (κ1) is 11.0. The Morgan fingerprint density at radius 2 is 0.846 bits per heavy atom. The van der Waals surface area contributed by atoms with Gasteiger partial charge in [-0.25, -0.2) is 0 Å². The summed E-state index contributed by atoms with van der Waals surface area (Å²) < 4.78 is 11.8. The molecule has 0 radical (unpaired) electrons. The van der Waals surface area contributed by atoms with Crippen LogP contribution in [0, 0.1) is 0 Å². The normalized spacial score (nSPS) is 11.7. The molecule has 0 N–H and O–H groups in total. The standard InChI is InChI=1S/4N3.Sn/c4*1-3-2;/q4*-1;+4. The molecule has 0 saturated heterocycles. The minimum atomic E-state index is -4.73. The average molecular weight is 287 g/mol. The van der Waals surface area contributed by atoms with E-state index in [-0.39, 0.29) is 0 Å². The second-order valence-corrected chi connectivity index (χ2v) is 7.07. The quantitative estimate of drug-likeness (QED) is 0.317. The van der Waals surface area contributed by atoms with Gasteiger partial charge in [0.2, 0.25) is 0 Å². The summed E-state index contributed by atoms with van der Waals surface area (Å²) in [6.45, 7) is 0. The van der Waals surface area contributed by atoms with Crippen LogP contribution in [0.3, 0.4) is 0 Å². The summed E-state index contributed by atoms with van der Waals surface area (Å²) in [6, 6.07) is 0. The second kappa shape index (κ2) is 5.66. The van der Waals surface area contributed by atoms with Crippen molar-refractivity contribution in [3.8, 4) is 0 Å². The van der Waals surface area contributed by atoms with Crippen LogP contribution in [-0.2, 0) is 0 Å². The molecule has 13 heavy (non-hydrogen) atoms. The molecule has 64 valence electrons. The van der Waals surface area contributed by atoms with Crippen LogP contribution >= 0.6 is 0 Å². The minimum absolute atomic E-state index is 2.29. The van der Waals surface area contributed by atoms with Gasteiger partial charge in [-0.1, -0.05) is 0 Å². The number of hydrogen-bond acceptors (Lipinski definition) is 4. The van der Waals surface area contributed by atoms with E-state index in [1.807, 2.05) is 0 Å². The van der Waals surface area contributed by atoms with Crippen molar-refractivity contribution in [3.05, 3.63) is 41.8 Å². The van der Waals surface area contributed by atoms with Crippen molar-refractivity contribution in [2.75, 3.05) is 0 Å². The fourth-order valence-electron chi connectivity index (χ4n) is 0.360. The Labute approximate surface area is 74.9 Å². The molecule has 13 heteroatoms. The van der Waals surface area contributed by atoms with E-state index in [0.717, 1.165) is 0 Å². The molecule has 0 unspecified atom stereocenters. The molecule has 0 amide bonds. The van der Waals surface area contributed by atoms with Crippen molar-refractivity contribution < 1.29 is 0 Å². The van der Waals surface area contributed by atoms with Crippen LogP contribution in [0.4, 0.5) is 0 Å². The molecule has 0 saturated carbocycles. The summed E-state index contributed by atoms with van der Waals surface area (Å²) in [4.78, 5) is 9.15. The molecule has 0 rings (SSSR count). The van der Waals surface area contributed by atoms with Gasteiger partial charge in [-0.3, -0.25) is 0 Å². The van der Waals surface area contributed by atoms with Gasteiger partial charge in [-0.2, -0.15) is 0 Å². The van der Waals surface area contributed by atoms with Crippen LogP contribution in [-0.4, -0.2) is 19.5 Å². The number of nitrogens with zero attached hydrogens (tertiary/aromatic N) is 12. The Morgan fingerprint density at radius 1 is 0.615 bits per heavy atom. The van der Waals surface area contributed by atoms with E-state index in [4.69, 9.17) is 22.1 Å². The first-order valence-electron chi connectivity index (χ1n) is 2.49. The predicted molar refractivity (Wildman–Crippen MR) is 42.3 cm³/mol. The first-order chi connectivity index (χ1) is 6.24. The fourth-order valence-corrected chi connectivity index (χ4v) is 2.41. The third kappa shape index (κ3) is 3.29. The Bertz CT molecular complexity index is 284. The van der Waals surface area contributed by atoms with E-state index in [2.05, 4.69) is 33.0 Å². The van der Waals surface area contributed by atoms with Gasteiger partial charge in [-0.15, -0.1) is 0 Å². The number of hydrogen-bond donors (Lipinski definition) is 0. The SMILES string of the molecule is [N-]=[N+]=[N][Sn]([N]=[N+]=[N-])([N]=[N+]=[N-])[N]=[N+]=[N-]. The molecule has 0 aliphatic heterocycles. The Hall–Kier alpha value is -1.96. The zero-order valence-corrected chi connectivity index (χ0v) is 8.72. The number of rotatable bonds is 4. The van der Waals surface area contributed by atoms with E-state index in [0.29, 0.717) is 0 Å².